The number of rotatable bonds is 4. The van der Waals surface area contributed by atoms with E-state index in [1.54, 1.807) is 0 Å². The van der Waals surface area contributed by atoms with Crippen molar-refractivity contribution < 1.29 is 4.79 Å². The molecule has 1 atom stereocenters. The van der Waals surface area contributed by atoms with Gasteiger partial charge in [-0.15, -0.1) is 0 Å². The molecular weight excluding hydrogens is 214 g/mol. The summed E-state index contributed by atoms with van der Waals surface area (Å²) in [7, 11) is 4.22. The first-order valence-electron chi connectivity index (χ1n) is 6.61. The molecule has 1 aliphatic rings. The Morgan fingerprint density at radius 3 is 2.29 bits per heavy atom. The van der Waals surface area contributed by atoms with Crippen molar-refractivity contribution >= 4 is 5.91 Å². The van der Waals surface area contributed by atoms with E-state index < -0.39 is 0 Å². The van der Waals surface area contributed by atoms with Gasteiger partial charge >= 0.3 is 0 Å². The van der Waals surface area contributed by atoms with Gasteiger partial charge in [-0.2, -0.15) is 0 Å². The van der Waals surface area contributed by atoms with Crippen LogP contribution in [0.5, 0.6) is 0 Å². The lowest BCUT2D eigenvalue weighted by atomic mass is 9.99. The molecule has 0 bridgehead atoms. The fourth-order valence-corrected chi connectivity index (χ4v) is 2.20. The lowest BCUT2D eigenvalue weighted by molar-refractivity contribution is -0.133. The van der Waals surface area contributed by atoms with Crippen molar-refractivity contribution in [1.29, 1.82) is 0 Å². The fraction of sp³-hybridized carbons (Fsp3) is 0.923. The summed E-state index contributed by atoms with van der Waals surface area (Å²) in [5.41, 5.74) is 5.94. The predicted octanol–water partition coefficient (Wildman–Crippen LogP) is 0.912. The minimum Gasteiger partial charge on any atom is -0.343 e. The number of hydrogen-bond acceptors (Lipinski definition) is 3. The molecule has 1 rings (SSSR count). The van der Waals surface area contributed by atoms with E-state index in [1.807, 2.05) is 4.90 Å². The summed E-state index contributed by atoms with van der Waals surface area (Å²) in [6.45, 7) is 5.89. The summed E-state index contributed by atoms with van der Waals surface area (Å²) < 4.78 is 0. The summed E-state index contributed by atoms with van der Waals surface area (Å²) >= 11 is 0. The van der Waals surface area contributed by atoms with Crippen LogP contribution in [0.2, 0.25) is 0 Å². The van der Waals surface area contributed by atoms with Gasteiger partial charge in [0.15, 0.2) is 0 Å². The van der Waals surface area contributed by atoms with Gasteiger partial charge in [0.2, 0.25) is 5.91 Å². The Morgan fingerprint density at radius 1 is 1.35 bits per heavy atom. The molecule has 2 N–H and O–H groups in total. The highest BCUT2D eigenvalue weighted by molar-refractivity contribution is 5.76. The Morgan fingerprint density at radius 2 is 1.88 bits per heavy atom. The zero-order chi connectivity index (χ0) is 13.0. The van der Waals surface area contributed by atoms with E-state index in [9.17, 15) is 4.79 Å². The number of nitrogens with zero attached hydrogens (tertiary/aromatic N) is 2. The van der Waals surface area contributed by atoms with Gasteiger partial charge in [-0.1, -0.05) is 13.8 Å². The molecule has 0 aliphatic carbocycles. The maximum atomic E-state index is 12.0. The second kappa shape index (κ2) is 6.36. The number of carbonyl (C=O) groups excluding carboxylic acids is 1. The third kappa shape index (κ3) is 4.28. The third-order valence-corrected chi connectivity index (χ3v) is 3.81. The van der Waals surface area contributed by atoms with Crippen LogP contribution >= 0.6 is 0 Å². The van der Waals surface area contributed by atoms with Crippen molar-refractivity contribution in [2.75, 3.05) is 27.2 Å². The van der Waals surface area contributed by atoms with Crippen molar-refractivity contribution in [3.05, 3.63) is 0 Å². The standard InChI is InChI=1S/C13H27N3O/c1-10(2)12(14)9-13(17)16-7-5-11(6-8-16)15(3)4/h10-12H,5-9,14H2,1-4H3. The molecule has 0 aromatic heterocycles. The molecular formula is C13H27N3O. The Balaban J connectivity index is 2.36. The van der Waals surface area contributed by atoms with E-state index in [1.165, 1.54) is 0 Å². The zero-order valence-electron chi connectivity index (χ0n) is 11.6. The molecule has 17 heavy (non-hydrogen) atoms. The van der Waals surface area contributed by atoms with Crippen LogP contribution in [-0.4, -0.2) is 55.0 Å². The van der Waals surface area contributed by atoms with E-state index >= 15 is 0 Å². The van der Waals surface area contributed by atoms with E-state index in [0.717, 1.165) is 25.9 Å². The van der Waals surface area contributed by atoms with Gasteiger partial charge in [0.05, 0.1) is 0 Å². The Kier molecular flexibility index (Phi) is 5.40. The predicted molar refractivity (Wildman–Crippen MR) is 70.7 cm³/mol. The minimum atomic E-state index is -0.00549. The first-order chi connectivity index (χ1) is 7.91. The van der Waals surface area contributed by atoms with Crippen LogP contribution in [0.25, 0.3) is 0 Å². The van der Waals surface area contributed by atoms with Crippen LogP contribution in [0.3, 0.4) is 0 Å². The van der Waals surface area contributed by atoms with Gasteiger partial charge in [-0.25, -0.2) is 0 Å². The van der Waals surface area contributed by atoms with Gasteiger partial charge in [0, 0.05) is 31.6 Å². The summed E-state index contributed by atoms with van der Waals surface area (Å²) in [5.74, 6) is 0.599. The molecule has 0 aromatic rings. The average molecular weight is 241 g/mol. The number of amides is 1. The molecule has 0 radical (unpaired) electrons. The van der Waals surface area contributed by atoms with Gasteiger partial charge in [-0.05, 0) is 32.9 Å². The van der Waals surface area contributed by atoms with Crippen molar-refractivity contribution in [1.82, 2.24) is 9.80 Å². The number of nitrogens with two attached hydrogens (primary N) is 1. The molecule has 1 amide bonds. The molecule has 1 aliphatic heterocycles. The third-order valence-electron chi connectivity index (χ3n) is 3.81. The molecule has 1 fully saturated rings. The van der Waals surface area contributed by atoms with E-state index in [0.29, 0.717) is 18.4 Å². The number of hydrogen-bond donors (Lipinski definition) is 1. The van der Waals surface area contributed by atoms with Crippen molar-refractivity contribution in [2.45, 2.75) is 45.2 Å². The maximum absolute atomic E-state index is 12.0. The van der Waals surface area contributed by atoms with Crippen LogP contribution in [0, 0.1) is 5.92 Å². The summed E-state index contributed by atoms with van der Waals surface area (Å²) in [5, 5.41) is 0. The fourth-order valence-electron chi connectivity index (χ4n) is 2.20. The van der Waals surface area contributed by atoms with Crippen molar-refractivity contribution in [3.63, 3.8) is 0 Å². The smallest absolute Gasteiger partial charge is 0.224 e. The molecule has 4 nitrogen and oxygen atoms in total. The lowest BCUT2D eigenvalue weighted by Crippen LogP contribution is -2.46. The monoisotopic (exact) mass is 241 g/mol. The Labute approximate surface area is 105 Å². The summed E-state index contributed by atoms with van der Waals surface area (Å²) in [4.78, 5) is 16.2. The van der Waals surface area contributed by atoms with Crippen LogP contribution in [0.4, 0.5) is 0 Å². The topological polar surface area (TPSA) is 49.6 Å². The largest absolute Gasteiger partial charge is 0.343 e. The maximum Gasteiger partial charge on any atom is 0.224 e. The van der Waals surface area contributed by atoms with Crippen LogP contribution in [-0.2, 0) is 4.79 Å². The highest BCUT2D eigenvalue weighted by Gasteiger charge is 2.25. The normalized spacial score (nSPS) is 20.1. The molecule has 0 saturated carbocycles. The first kappa shape index (κ1) is 14.5. The molecule has 4 heteroatoms. The molecule has 0 spiro atoms. The second-order valence-corrected chi connectivity index (χ2v) is 5.69. The van der Waals surface area contributed by atoms with Gasteiger partial charge < -0.3 is 15.5 Å². The van der Waals surface area contributed by atoms with Gasteiger partial charge in [0.1, 0.15) is 0 Å². The molecule has 1 saturated heterocycles. The van der Waals surface area contributed by atoms with Gasteiger partial charge in [-0.3, -0.25) is 4.79 Å². The summed E-state index contributed by atoms with van der Waals surface area (Å²) in [6.07, 6.45) is 2.65. The SMILES string of the molecule is CC(C)C(N)CC(=O)N1CCC(N(C)C)CC1. The van der Waals surface area contributed by atoms with Crippen LogP contribution < -0.4 is 5.73 Å². The molecule has 1 heterocycles. The highest BCUT2D eigenvalue weighted by Crippen LogP contribution is 2.16. The lowest BCUT2D eigenvalue weighted by Gasteiger charge is -2.35. The average Bonchev–Trinajstić information content (AvgIpc) is 2.28. The number of piperidine rings is 1. The highest BCUT2D eigenvalue weighted by atomic mass is 16.2. The minimum absolute atomic E-state index is 0.00549. The van der Waals surface area contributed by atoms with Gasteiger partial charge in [0.25, 0.3) is 0 Å². The summed E-state index contributed by atoms with van der Waals surface area (Å²) in [6, 6.07) is 0.617. The zero-order valence-corrected chi connectivity index (χ0v) is 11.6. The Bertz CT molecular complexity index is 245. The Hall–Kier alpha value is -0.610. The van der Waals surface area contributed by atoms with Crippen LogP contribution in [0.1, 0.15) is 33.1 Å². The number of likely N-dealkylation sites (tertiary alicyclic amines) is 1. The van der Waals surface area contributed by atoms with E-state index in [2.05, 4.69) is 32.8 Å². The quantitative estimate of drug-likeness (QED) is 0.796. The van der Waals surface area contributed by atoms with E-state index in [4.69, 9.17) is 5.73 Å². The molecule has 1 unspecified atom stereocenters. The number of carbonyl (C=O) groups is 1. The molecule has 100 valence electrons. The van der Waals surface area contributed by atoms with E-state index in [-0.39, 0.29) is 11.9 Å². The van der Waals surface area contributed by atoms with Crippen molar-refractivity contribution in [2.24, 2.45) is 11.7 Å². The molecule has 0 aromatic carbocycles. The second-order valence-electron chi connectivity index (χ2n) is 5.69. The van der Waals surface area contributed by atoms with Crippen LogP contribution in [0.15, 0.2) is 0 Å². The van der Waals surface area contributed by atoms with Crippen molar-refractivity contribution in [3.8, 4) is 0 Å². The first-order valence-corrected chi connectivity index (χ1v) is 6.61.